The molecule has 5 nitrogen and oxygen atoms in total. The van der Waals surface area contributed by atoms with Crippen molar-refractivity contribution in [3.63, 3.8) is 0 Å². The zero-order chi connectivity index (χ0) is 14.2. The number of nitrogens with zero attached hydrogens (tertiary/aromatic N) is 1. The number of carbonyl (C=O) groups is 2. The highest BCUT2D eigenvalue weighted by molar-refractivity contribution is 5.93. The van der Waals surface area contributed by atoms with Crippen molar-refractivity contribution in [2.75, 3.05) is 26.3 Å². The van der Waals surface area contributed by atoms with Crippen LogP contribution >= 0.6 is 0 Å². The lowest BCUT2D eigenvalue weighted by atomic mass is 9.94. The van der Waals surface area contributed by atoms with Crippen LogP contribution in [0, 0.1) is 11.8 Å². The molecule has 0 aromatic rings. The molecule has 1 N–H and O–H groups in total. The molecule has 1 aliphatic heterocycles. The van der Waals surface area contributed by atoms with E-state index < -0.39 is 5.54 Å². The Morgan fingerprint density at radius 1 is 1.30 bits per heavy atom. The van der Waals surface area contributed by atoms with Gasteiger partial charge in [0.2, 0.25) is 11.8 Å². The minimum absolute atomic E-state index is 0.00542. The molecular weight excluding hydrogens is 256 g/mol. The highest BCUT2D eigenvalue weighted by Crippen LogP contribution is 2.41. The smallest absolute Gasteiger partial charge is 0.248 e. The van der Waals surface area contributed by atoms with Gasteiger partial charge in [0.05, 0.1) is 6.61 Å². The fraction of sp³-hybridized carbons (Fsp3) is 0.867. The third kappa shape index (κ3) is 2.97. The SMILES string of the molecule is CC1(C2CC2)NC(=O)CCN(CCOCC2CC2)C1=O. The second kappa shape index (κ2) is 5.35. The van der Waals surface area contributed by atoms with Crippen molar-refractivity contribution < 1.29 is 14.3 Å². The van der Waals surface area contributed by atoms with Gasteiger partial charge in [-0.25, -0.2) is 0 Å². The molecule has 3 aliphatic rings. The Bertz CT molecular complexity index is 404. The van der Waals surface area contributed by atoms with Crippen molar-refractivity contribution in [1.29, 1.82) is 0 Å². The standard InChI is InChI=1S/C15H24N2O3/c1-15(12-4-5-12)14(19)17(7-6-13(18)16-15)8-9-20-10-11-2-3-11/h11-12H,2-10H2,1H3,(H,16,18). The van der Waals surface area contributed by atoms with E-state index in [1.807, 2.05) is 11.8 Å². The van der Waals surface area contributed by atoms with E-state index in [1.165, 1.54) is 12.8 Å². The molecule has 2 aliphatic carbocycles. The van der Waals surface area contributed by atoms with Gasteiger partial charge in [0, 0.05) is 26.1 Å². The van der Waals surface area contributed by atoms with E-state index in [2.05, 4.69) is 5.32 Å². The summed E-state index contributed by atoms with van der Waals surface area (Å²) in [6.07, 6.45) is 5.03. The topological polar surface area (TPSA) is 58.6 Å². The second-order valence-electron chi connectivity index (χ2n) is 6.59. The molecule has 3 fully saturated rings. The predicted molar refractivity (Wildman–Crippen MR) is 74.0 cm³/mol. The molecule has 0 radical (unpaired) electrons. The van der Waals surface area contributed by atoms with Gasteiger partial charge in [-0.05, 0) is 44.4 Å². The average molecular weight is 280 g/mol. The molecule has 0 spiro atoms. The highest BCUT2D eigenvalue weighted by atomic mass is 16.5. The molecule has 0 bridgehead atoms. The van der Waals surface area contributed by atoms with Crippen LogP contribution in [-0.2, 0) is 14.3 Å². The number of amides is 2. The summed E-state index contributed by atoms with van der Waals surface area (Å²) in [6, 6.07) is 0. The molecule has 2 amide bonds. The molecule has 1 unspecified atom stereocenters. The van der Waals surface area contributed by atoms with E-state index >= 15 is 0 Å². The van der Waals surface area contributed by atoms with Crippen LogP contribution in [0.3, 0.4) is 0 Å². The Labute approximate surface area is 120 Å². The molecule has 1 atom stereocenters. The highest BCUT2D eigenvalue weighted by Gasteiger charge is 2.50. The Morgan fingerprint density at radius 3 is 2.70 bits per heavy atom. The van der Waals surface area contributed by atoms with Gasteiger partial charge >= 0.3 is 0 Å². The second-order valence-corrected chi connectivity index (χ2v) is 6.59. The molecule has 112 valence electrons. The van der Waals surface area contributed by atoms with Crippen molar-refractivity contribution in [3.05, 3.63) is 0 Å². The Kier molecular flexibility index (Phi) is 3.71. The first-order valence-electron chi connectivity index (χ1n) is 7.78. The third-order valence-corrected chi connectivity index (χ3v) is 4.69. The van der Waals surface area contributed by atoms with Crippen LogP contribution in [0.15, 0.2) is 0 Å². The van der Waals surface area contributed by atoms with Gasteiger partial charge in [-0.15, -0.1) is 0 Å². The van der Waals surface area contributed by atoms with Crippen LogP contribution < -0.4 is 5.32 Å². The Balaban J connectivity index is 1.56. The molecule has 20 heavy (non-hydrogen) atoms. The lowest BCUT2D eigenvalue weighted by Crippen LogP contribution is -2.57. The zero-order valence-electron chi connectivity index (χ0n) is 12.2. The Morgan fingerprint density at radius 2 is 2.05 bits per heavy atom. The molecule has 1 heterocycles. The van der Waals surface area contributed by atoms with Gasteiger partial charge in [0.25, 0.3) is 0 Å². The largest absolute Gasteiger partial charge is 0.379 e. The summed E-state index contributed by atoms with van der Waals surface area (Å²) in [5.41, 5.74) is -0.690. The van der Waals surface area contributed by atoms with Crippen LogP contribution in [0.1, 0.15) is 39.0 Å². The van der Waals surface area contributed by atoms with Crippen LogP contribution in [0.2, 0.25) is 0 Å². The van der Waals surface area contributed by atoms with Gasteiger partial charge in [0.15, 0.2) is 0 Å². The van der Waals surface area contributed by atoms with Gasteiger partial charge in [-0.3, -0.25) is 9.59 Å². The summed E-state index contributed by atoms with van der Waals surface area (Å²) in [4.78, 5) is 26.3. The van der Waals surface area contributed by atoms with Gasteiger partial charge in [0.1, 0.15) is 5.54 Å². The first-order chi connectivity index (χ1) is 9.59. The predicted octanol–water partition coefficient (Wildman–Crippen LogP) is 0.930. The first kappa shape index (κ1) is 13.9. The lowest BCUT2D eigenvalue weighted by Gasteiger charge is -2.32. The monoisotopic (exact) mass is 280 g/mol. The number of ether oxygens (including phenoxy) is 1. The van der Waals surface area contributed by atoms with Crippen LogP contribution in [0.5, 0.6) is 0 Å². The Hall–Kier alpha value is -1.10. The fourth-order valence-corrected chi connectivity index (χ4v) is 2.93. The van der Waals surface area contributed by atoms with Gasteiger partial charge in [-0.1, -0.05) is 0 Å². The number of hydrogen-bond acceptors (Lipinski definition) is 3. The summed E-state index contributed by atoms with van der Waals surface area (Å²) >= 11 is 0. The number of carbonyl (C=O) groups excluding carboxylic acids is 2. The van der Waals surface area contributed by atoms with Crippen molar-refractivity contribution in [2.24, 2.45) is 11.8 Å². The van der Waals surface area contributed by atoms with Crippen LogP contribution in [0.4, 0.5) is 0 Å². The fourth-order valence-electron chi connectivity index (χ4n) is 2.93. The quantitative estimate of drug-likeness (QED) is 0.736. The minimum atomic E-state index is -0.690. The molecule has 0 aromatic carbocycles. The molecule has 2 saturated carbocycles. The maximum absolute atomic E-state index is 12.7. The van der Waals surface area contributed by atoms with E-state index in [9.17, 15) is 9.59 Å². The van der Waals surface area contributed by atoms with Crippen molar-refractivity contribution in [1.82, 2.24) is 10.2 Å². The van der Waals surface area contributed by atoms with Crippen molar-refractivity contribution in [2.45, 2.75) is 44.6 Å². The zero-order valence-corrected chi connectivity index (χ0v) is 12.2. The van der Waals surface area contributed by atoms with E-state index in [-0.39, 0.29) is 11.8 Å². The van der Waals surface area contributed by atoms with E-state index in [1.54, 1.807) is 0 Å². The summed E-state index contributed by atoms with van der Waals surface area (Å²) < 4.78 is 5.62. The molecule has 1 saturated heterocycles. The molecular formula is C15H24N2O3. The molecule has 3 rings (SSSR count). The molecule has 5 heteroatoms. The van der Waals surface area contributed by atoms with E-state index in [4.69, 9.17) is 4.74 Å². The summed E-state index contributed by atoms with van der Waals surface area (Å²) in [5, 5.41) is 2.94. The number of nitrogens with one attached hydrogen (secondary N) is 1. The third-order valence-electron chi connectivity index (χ3n) is 4.69. The van der Waals surface area contributed by atoms with E-state index in [0.29, 0.717) is 32.0 Å². The van der Waals surface area contributed by atoms with Crippen molar-refractivity contribution >= 4 is 11.8 Å². The van der Waals surface area contributed by atoms with Gasteiger partial charge < -0.3 is 15.0 Å². The average Bonchev–Trinajstić information content (AvgIpc) is 3.28. The van der Waals surface area contributed by atoms with Crippen LogP contribution in [0.25, 0.3) is 0 Å². The maximum Gasteiger partial charge on any atom is 0.248 e. The normalized spacial score (nSPS) is 31.1. The first-order valence-corrected chi connectivity index (χ1v) is 7.78. The number of rotatable bonds is 6. The summed E-state index contributed by atoms with van der Waals surface area (Å²) in [7, 11) is 0. The maximum atomic E-state index is 12.7. The number of hydrogen-bond donors (Lipinski definition) is 1. The van der Waals surface area contributed by atoms with Crippen LogP contribution in [-0.4, -0.2) is 48.6 Å². The van der Waals surface area contributed by atoms with Gasteiger partial charge in [-0.2, -0.15) is 0 Å². The lowest BCUT2D eigenvalue weighted by molar-refractivity contribution is -0.139. The molecule has 0 aromatic heterocycles. The minimum Gasteiger partial charge on any atom is -0.379 e. The summed E-state index contributed by atoms with van der Waals surface area (Å²) in [5.74, 6) is 1.12. The van der Waals surface area contributed by atoms with Crippen molar-refractivity contribution in [3.8, 4) is 0 Å². The van der Waals surface area contributed by atoms with E-state index in [0.717, 1.165) is 25.4 Å². The summed E-state index contributed by atoms with van der Waals surface area (Å²) in [6.45, 7) is 4.40.